The predicted octanol–water partition coefficient (Wildman–Crippen LogP) is 1.69. The molecule has 0 aliphatic heterocycles. The molecule has 0 radical (unpaired) electrons. The molecule has 1 unspecified atom stereocenters. The van der Waals surface area contributed by atoms with E-state index in [1.807, 2.05) is 31.2 Å². The van der Waals surface area contributed by atoms with E-state index in [0.717, 1.165) is 11.3 Å². The predicted molar refractivity (Wildman–Crippen MR) is 66.0 cm³/mol. The largest absolute Gasteiger partial charge is 0.494 e. The molecule has 0 heterocycles. The molecule has 4 heteroatoms. The molecule has 2 N–H and O–H groups in total. The summed E-state index contributed by atoms with van der Waals surface area (Å²) < 4.78 is 10.4. The van der Waals surface area contributed by atoms with Gasteiger partial charge in [-0.1, -0.05) is 12.1 Å². The van der Waals surface area contributed by atoms with Crippen molar-refractivity contribution < 1.29 is 14.3 Å². The summed E-state index contributed by atoms with van der Waals surface area (Å²) in [5.74, 6) is 0.0340. The molecule has 1 aromatic carbocycles. The summed E-state index contributed by atoms with van der Waals surface area (Å²) in [5, 5.41) is 0. The first-order chi connectivity index (χ1) is 8.22. The number of ether oxygens (including phenoxy) is 2. The van der Waals surface area contributed by atoms with E-state index < -0.39 is 5.92 Å². The molecule has 1 rings (SSSR count). The van der Waals surface area contributed by atoms with E-state index in [1.54, 1.807) is 6.92 Å². The van der Waals surface area contributed by atoms with Crippen molar-refractivity contribution in [1.82, 2.24) is 0 Å². The van der Waals surface area contributed by atoms with Crippen LogP contribution in [0.25, 0.3) is 0 Å². The SMILES string of the molecule is CCOC(=O)C(CN)c1cccc(OCC)c1. The number of carbonyl (C=O) groups excluding carboxylic acids is 1. The average Bonchev–Trinajstić information content (AvgIpc) is 2.31. The molecule has 17 heavy (non-hydrogen) atoms. The Morgan fingerprint density at radius 2 is 2.12 bits per heavy atom. The van der Waals surface area contributed by atoms with Gasteiger partial charge in [0.25, 0.3) is 0 Å². The zero-order chi connectivity index (χ0) is 12.7. The van der Waals surface area contributed by atoms with Crippen LogP contribution in [-0.2, 0) is 9.53 Å². The van der Waals surface area contributed by atoms with Gasteiger partial charge in [-0.05, 0) is 31.5 Å². The second-order valence-electron chi connectivity index (χ2n) is 3.55. The van der Waals surface area contributed by atoms with Gasteiger partial charge in [-0.2, -0.15) is 0 Å². The highest BCUT2D eigenvalue weighted by Crippen LogP contribution is 2.21. The first kappa shape index (κ1) is 13.5. The van der Waals surface area contributed by atoms with Crippen molar-refractivity contribution in [2.45, 2.75) is 19.8 Å². The first-order valence-electron chi connectivity index (χ1n) is 5.82. The molecule has 1 atom stereocenters. The van der Waals surface area contributed by atoms with Crippen LogP contribution < -0.4 is 10.5 Å². The molecule has 4 nitrogen and oxygen atoms in total. The van der Waals surface area contributed by atoms with Gasteiger partial charge in [-0.15, -0.1) is 0 Å². The molecule has 0 fully saturated rings. The van der Waals surface area contributed by atoms with Crippen LogP contribution in [0, 0.1) is 0 Å². The van der Waals surface area contributed by atoms with Crippen LogP contribution in [0.4, 0.5) is 0 Å². The lowest BCUT2D eigenvalue weighted by Gasteiger charge is -2.14. The Balaban J connectivity index is 2.87. The Morgan fingerprint density at radius 3 is 2.71 bits per heavy atom. The van der Waals surface area contributed by atoms with Crippen molar-refractivity contribution in [2.75, 3.05) is 19.8 Å². The fourth-order valence-electron chi connectivity index (χ4n) is 1.60. The minimum atomic E-state index is -0.421. The second kappa shape index (κ2) is 6.91. The van der Waals surface area contributed by atoms with Crippen LogP contribution in [0.2, 0.25) is 0 Å². The highest BCUT2D eigenvalue weighted by molar-refractivity contribution is 5.78. The maximum Gasteiger partial charge on any atom is 0.314 e. The lowest BCUT2D eigenvalue weighted by Crippen LogP contribution is -2.23. The van der Waals surface area contributed by atoms with Gasteiger partial charge in [-0.3, -0.25) is 4.79 Å². The lowest BCUT2D eigenvalue weighted by atomic mass is 9.99. The molecule has 94 valence electrons. The van der Waals surface area contributed by atoms with Crippen molar-refractivity contribution in [3.05, 3.63) is 29.8 Å². The molecular weight excluding hydrogens is 218 g/mol. The van der Waals surface area contributed by atoms with Gasteiger partial charge in [0.2, 0.25) is 0 Å². The molecule has 0 amide bonds. The summed E-state index contributed by atoms with van der Waals surface area (Å²) >= 11 is 0. The van der Waals surface area contributed by atoms with Crippen LogP contribution in [0.5, 0.6) is 5.75 Å². The Bertz CT molecular complexity index is 365. The highest BCUT2D eigenvalue weighted by atomic mass is 16.5. The van der Waals surface area contributed by atoms with Crippen LogP contribution in [0.15, 0.2) is 24.3 Å². The standard InChI is InChI=1S/C13H19NO3/c1-3-16-11-7-5-6-10(8-11)12(9-14)13(15)17-4-2/h5-8,12H,3-4,9,14H2,1-2H3. The monoisotopic (exact) mass is 237 g/mol. The summed E-state index contributed by atoms with van der Waals surface area (Å²) in [6.07, 6.45) is 0. The van der Waals surface area contributed by atoms with Crippen molar-refractivity contribution in [2.24, 2.45) is 5.73 Å². The minimum absolute atomic E-state index is 0.231. The van der Waals surface area contributed by atoms with E-state index in [4.69, 9.17) is 15.2 Å². The molecule has 0 bridgehead atoms. The van der Waals surface area contributed by atoms with Gasteiger partial charge in [-0.25, -0.2) is 0 Å². The number of nitrogens with two attached hydrogens (primary N) is 1. The van der Waals surface area contributed by atoms with Crippen LogP contribution in [-0.4, -0.2) is 25.7 Å². The molecule has 0 aliphatic rings. The number of carbonyl (C=O) groups is 1. The average molecular weight is 237 g/mol. The number of hydrogen-bond acceptors (Lipinski definition) is 4. The van der Waals surface area contributed by atoms with Gasteiger partial charge in [0.1, 0.15) is 5.75 Å². The summed E-state index contributed by atoms with van der Waals surface area (Å²) in [7, 11) is 0. The second-order valence-corrected chi connectivity index (χ2v) is 3.55. The van der Waals surface area contributed by atoms with Gasteiger partial charge in [0.15, 0.2) is 0 Å². The van der Waals surface area contributed by atoms with Crippen LogP contribution in [0.1, 0.15) is 25.3 Å². The Labute approximate surface area is 102 Å². The summed E-state index contributed by atoms with van der Waals surface area (Å²) in [5.41, 5.74) is 6.45. The van der Waals surface area contributed by atoms with E-state index in [9.17, 15) is 4.79 Å². The fraction of sp³-hybridized carbons (Fsp3) is 0.462. The molecule has 0 spiro atoms. The van der Waals surface area contributed by atoms with Gasteiger partial charge < -0.3 is 15.2 Å². The molecule has 0 saturated carbocycles. The molecule has 0 aliphatic carbocycles. The first-order valence-corrected chi connectivity index (χ1v) is 5.82. The van der Waals surface area contributed by atoms with Crippen molar-refractivity contribution in [1.29, 1.82) is 0 Å². The van der Waals surface area contributed by atoms with Crippen molar-refractivity contribution >= 4 is 5.97 Å². The Kier molecular flexibility index (Phi) is 5.49. The lowest BCUT2D eigenvalue weighted by molar-refractivity contribution is -0.144. The minimum Gasteiger partial charge on any atom is -0.494 e. The maximum absolute atomic E-state index is 11.7. The summed E-state index contributed by atoms with van der Waals surface area (Å²) in [6, 6.07) is 7.39. The quantitative estimate of drug-likeness (QED) is 0.765. The third-order valence-corrected chi connectivity index (χ3v) is 2.38. The highest BCUT2D eigenvalue weighted by Gasteiger charge is 2.20. The maximum atomic E-state index is 11.7. The number of hydrogen-bond donors (Lipinski definition) is 1. The van der Waals surface area contributed by atoms with E-state index in [1.165, 1.54) is 0 Å². The van der Waals surface area contributed by atoms with Crippen molar-refractivity contribution in [3.8, 4) is 5.75 Å². The van der Waals surface area contributed by atoms with E-state index in [2.05, 4.69) is 0 Å². The normalized spacial score (nSPS) is 11.9. The van der Waals surface area contributed by atoms with Gasteiger partial charge >= 0.3 is 5.97 Å². The molecular formula is C13H19NO3. The van der Waals surface area contributed by atoms with Crippen molar-refractivity contribution in [3.63, 3.8) is 0 Å². The third kappa shape index (κ3) is 3.75. The van der Waals surface area contributed by atoms with E-state index in [0.29, 0.717) is 13.2 Å². The number of rotatable bonds is 6. The van der Waals surface area contributed by atoms with Crippen LogP contribution in [0.3, 0.4) is 0 Å². The van der Waals surface area contributed by atoms with Gasteiger partial charge in [0, 0.05) is 6.54 Å². The zero-order valence-corrected chi connectivity index (χ0v) is 10.3. The molecule has 0 saturated heterocycles. The summed E-state index contributed by atoms with van der Waals surface area (Å²) in [6.45, 7) is 4.88. The van der Waals surface area contributed by atoms with E-state index >= 15 is 0 Å². The Morgan fingerprint density at radius 1 is 1.35 bits per heavy atom. The topological polar surface area (TPSA) is 61.5 Å². The summed E-state index contributed by atoms with van der Waals surface area (Å²) in [4.78, 5) is 11.7. The molecule has 1 aromatic rings. The number of benzene rings is 1. The van der Waals surface area contributed by atoms with Crippen LogP contribution >= 0.6 is 0 Å². The van der Waals surface area contributed by atoms with Gasteiger partial charge in [0.05, 0.1) is 19.1 Å². The number of esters is 1. The van der Waals surface area contributed by atoms with E-state index in [-0.39, 0.29) is 12.5 Å². The smallest absolute Gasteiger partial charge is 0.314 e. The molecule has 0 aromatic heterocycles. The third-order valence-electron chi connectivity index (χ3n) is 2.38. The Hall–Kier alpha value is -1.55. The zero-order valence-electron chi connectivity index (χ0n) is 10.3. The fourth-order valence-corrected chi connectivity index (χ4v) is 1.60.